The molecular weight excluding hydrogens is 248 g/mol. The van der Waals surface area contributed by atoms with Gasteiger partial charge in [0.1, 0.15) is 0 Å². The molecule has 0 radical (unpaired) electrons. The van der Waals surface area contributed by atoms with Crippen LogP contribution in [0.4, 0.5) is 0 Å². The van der Waals surface area contributed by atoms with Crippen molar-refractivity contribution in [2.24, 2.45) is 0 Å². The van der Waals surface area contributed by atoms with Crippen LogP contribution in [-0.2, 0) is 13.1 Å². The van der Waals surface area contributed by atoms with Crippen molar-refractivity contribution >= 4 is 17.1 Å². The van der Waals surface area contributed by atoms with Crippen LogP contribution in [0.5, 0.6) is 0 Å². The highest BCUT2D eigenvalue weighted by Gasteiger charge is 2.11. The molecule has 2 rings (SSSR count). The number of ketones is 1. The third kappa shape index (κ3) is 2.61. The highest BCUT2D eigenvalue weighted by atomic mass is 32.1. The minimum absolute atomic E-state index is 0.00977. The maximum Gasteiger partial charge on any atom is 0.328 e. The van der Waals surface area contributed by atoms with E-state index in [1.807, 2.05) is 26.0 Å². The fourth-order valence-corrected chi connectivity index (χ4v) is 2.60. The summed E-state index contributed by atoms with van der Waals surface area (Å²) < 4.78 is 3.10. The molecule has 0 N–H and O–H groups in total. The number of hydrogen-bond donors (Lipinski definition) is 0. The van der Waals surface area contributed by atoms with Gasteiger partial charge >= 0.3 is 5.69 Å². The largest absolute Gasteiger partial charge is 0.328 e. The number of hydrogen-bond acceptors (Lipinski definition) is 3. The number of aryl methyl sites for hydroxylation is 2. The van der Waals surface area contributed by atoms with Crippen molar-refractivity contribution in [2.45, 2.75) is 33.4 Å². The van der Waals surface area contributed by atoms with E-state index in [1.165, 1.54) is 15.9 Å². The summed E-state index contributed by atoms with van der Waals surface area (Å²) in [6, 6.07) is 3.74. The number of rotatable bonds is 5. The predicted octanol–water partition coefficient (Wildman–Crippen LogP) is 2.31. The average Bonchev–Trinajstić information content (AvgIpc) is 2.90. The monoisotopic (exact) mass is 264 g/mol. The summed E-state index contributed by atoms with van der Waals surface area (Å²) in [5.74, 6) is -0.00977. The van der Waals surface area contributed by atoms with E-state index in [4.69, 9.17) is 0 Å². The third-order valence-electron chi connectivity index (χ3n) is 2.71. The Kier molecular flexibility index (Phi) is 3.81. The minimum Gasteiger partial charge on any atom is -0.299 e. The number of carbonyl (C=O) groups is 1. The van der Waals surface area contributed by atoms with E-state index in [0.29, 0.717) is 11.4 Å². The number of imidazole rings is 1. The molecule has 0 atom stereocenters. The second-order valence-electron chi connectivity index (χ2n) is 4.24. The van der Waals surface area contributed by atoms with Gasteiger partial charge in [-0.15, -0.1) is 11.3 Å². The Morgan fingerprint density at radius 3 is 2.61 bits per heavy atom. The van der Waals surface area contributed by atoms with Gasteiger partial charge in [0.15, 0.2) is 5.78 Å². The molecule has 0 unspecified atom stereocenters. The van der Waals surface area contributed by atoms with Crippen LogP contribution in [0.25, 0.3) is 0 Å². The van der Waals surface area contributed by atoms with Crippen LogP contribution >= 0.6 is 11.3 Å². The molecule has 0 amide bonds. The summed E-state index contributed by atoms with van der Waals surface area (Å²) in [7, 11) is 0. The molecule has 0 fully saturated rings. The first-order valence-corrected chi connectivity index (χ1v) is 6.78. The minimum atomic E-state index is -0.113. The van der Waals surface area contributed by atoms with Gasteiger partial charge in [0.25, 0.3) is 0 Å². The van der Waals surface area contributed by atoms with E-state index in [-0.39, 0.29) is 18.0 Å². The van der Waals surface area contributed by atoms with Crippen LogP contribution in [0.15, 0.2) is 29.3 Å². The van der Waals surface area contributed by atoms with Crippen LogP contribution in [0.2, 0.25) is 0 Å². The van der Waals surface area contributed by atoms with Gasteiger partial charge in [-0.3, -0.25) is 13.9 Å². The van der Waals surface area contributed by atoms with Crippen LogP contribution in [0, 0.1) is 6.92 Å². The lowest BCUT2D eigenvalue weighted by atomic mass is 10.3. The Morgan fingerprint density at radius 2 is 2.00 bits per heavy atom. The standard InChI is InChI=1S/C13H16N2O2S/c1-3-6-14-7-8-15(13(14)17)9-11(16)12-5-4-10(2)18-12/h4-5,7-8H,3,6,9H2,1-2H3. The maximum absolute atomic E-state index is 12.0. The smallest absolute Gasteiger partial charge is 0.299 e. The zero-order chi connectivity index (χ0) is 13.1. The first kappa shape index (κ1) is 12.8. The molecule has 0 saturated carbocycles. The zero-order valence-corrected chi connectivity index (χ0v) is 11.4. The summed E-state index contributed by atoms with van der Waals surface area (Å²) >= 11 is 1.47. The lowest BCUT2D eigenvalue weighted by molar-refractivity contribution is 0.0974. The summed E-state index contributed by atoms with van der Waals surface area (Å²) in [5, 5.41) is 0. The van der Waals surface area contributed by atoms with E-state index in [9.17, 15) is 9.59 Å². The van der Waals surface area contributed by atoms with Crippen LogP contribution < -0.4 is 5.69 Å². The zero-order valence-electron chi connectivity index (χ0n) is 10.5. The summed E-state index contributed by atoms with van der Waals surface area (Å²) in [6.45, 7) is 4.79. The third-order valence-corrected chi connectivity index (χ3v) is 3.75. The number of aromatic nitrogens is 2. The Balaban J connectivity index is 2.15. The fourth-order valence-electron chi connectivity index (χ4n) is 1.80. The molecular formula is C13H16N2O2S. The number of nitrogens with zero attached hydrogens (tertiary/aromatic N) is 2. The van der Waals surface area contributed by atoms with Crippen molar-refractivity contribution in [1.82, 2.24) is 9.13 Å². The van der Waals surface area contributed by atoms with Gasteiger partial charge in [-0.1, -0.05) is 6.92 Å². The van der Waals surface area contributed by atoms with Crippen molar-refractivity contribution in [2.75, 3.05) is 0 Å². The van der Waals surface area contributed by atoms with Gasteiger partial charge in [-0.25, -0.2) is 4.79 Å². The van der Waals surface area contributed by atoms with Crippen LogP contribution in [0.1, 0.15) is 27.9 Å². The quantitative estimate of drug-likeness (QED) is 0.778. The van der Waals surface area contributed by atoms with E-state index in [0.717, 1.165) is 11.3 Å². The predicted molar refractivity (Wildman–Crippen MR) is 72.4 cm³/mol. The van der Waals surface area contributed by atoms with Crippen molar-refractivity contribution in [3.05, 3.63) is 44.8 Å². The number of carbonyl (C=O) groups excluding carboxylic acids is 1. The van der Waals surface area contributed by atoms with Gasteiger partial charge in [-0.05, 0) is 25.5 Å². The topological polar surface area (TPSA) is 44.0 Å². The Bertz CT molecular complexity index is 607. The summed E-state index contributed by atoms with van der Waals surface area (Å²) in [5.41, 5.74) is -0.113. The second kappa shape index (κ2) is 5.35. The molecule has 0 aliphatic carbocycles. The van der Waals surface area contributed by atoms with E-state index < -0.39 is 0 Å². The number of thiophene rings is 1. The molecule has 0 saturated heterocycles. The Labute approximate surface area is 109 Å². The average molecular weight is 264 g/mol. The van der Waals surface area contributed by atoms with Gasteiger partial charge < -0.3 is 0 Å². The lowest BCUT2D eigenvalue weighted by Crippen LogP contribution is -2.26. The second-order valence-corrected chi connectivity index (χ2v) is 5.52. The van der Waals surface area contributed by atoms with Crippen molar-refractivity contribution in [1.29, 1.82) is 0 Å². The van der Waals surface area contributed by atoms with Crippen molar-refractivity contribution in [3.8, 4) is 0 Å². The van der Waals surface area contributed by atoms with Gasteiger partial charge in [0.2, 0.25) is 0 Å². The highest BCUT2D eigenvalue weighted by Crippen LogP contribution is 2.15. The van der Waals surface area contributed by atoms with E-state index in [2.05, 4.69) is 0 Å². The normalized spacial score (nSPS) is 10.8. The molecule has 2 heterocycles. The van der Waals surface area contributed by atoms with Crippen molar-refractivity contribution in [3.63, 3.8) is 0 Å². The molecule has 0 bridgehead atoms. The molecule has 2 aromatic heterocycles. The maximum atomic E-state index is 12.0. The van der Waals surface area contributed by atoms with Crippen molar-refractivity contribution < 1.29 is 4.79 Å². The first-order valence-electron chi connectivity index (χ1n) is 5.97. The molecule has 18 heavy (non-hydrogen) atoms. The van der Waals surface area contributed by atoms with E-state index in [1.54, 1.807) is 17.0 Å². The SMILES string of the molecule is CCCn1ccn(CC(=O)c2ccc(C)s2)c1=O. The van der Waals surface area contributed by atoms with Gasteiger partial charge in [-0.2, -0.15) is 0 Å². The lowest BCUT2D eigenvalue weighted by Gasteiger charge is -1.99. The molecule has 0 aromatic carbocycles. The summed E-state index contributed by atoms with van der Waals surface area (Å²) in [6.07, 6.45) is 4.32. The Hall–Kier alpha value is -1.62. The van der Waals surface area contributed by atoms with Gasteiger partial charge in [0.05, 0.1) is 11.4 Å². The van der Waals surface area contributed by atoms with Crippen LogP contribution in [0.3, 0.4) is 0 Å². The molecule has 5 heteroatoms. The first-order chi connectivity index (χ1) is 8.61. The molecule has 0 aliphatic heterocycles. The Morgan fingerprint density at radius 1 is 1.28 bits per heavy atom. The molecule has 0 spiro atoms. The summed E-state index contributed by atoms with van der Waals surface area (Å²) in [4.78, 5) is 25.7. The molecule has 0 aliphatic rings. The highest BCUT2D eigenvalue weighted by molar-refractivity contribution is 7.14. The molecule has 96 valence electrons. The van der Waals surface area contributed by atoms with Gasteiger partial charge in [0, 0.05) is 23.8 Å². The molecule has 4 nitrogen and oxygen atoms in total. The van der Waals surface area contributed by atoms with E-state index >= 15 is 0 Å². The molecule has 2 aromatic rings. The number of Topliss-reactive ketones (excluding diaryl/α,β-unsaturated/α-hetero) is 1. The van der Waals surface area contributed by atoms with Crippen LogP contribution in [-0.4, -0.2) is 14.9 Å². The fraction of sp³-hybridized carbons (Fsp3) is 0.385.